The Hall–Kier alpha value is -0.940. The van der Waals surface area contributed by atoms with E-state index in [4.69, 9.17) is 22.1 Å². The topological polar surface area (TPSA) is 35.2 Å². The van der Waals surface area contributed by atoms with Crippen molar-refractivity contribution in [3.63, 3.8) is 0 Å². The van der Waals surface area contributed by atoms with Gasteiger partial charge in [-0.15, -0.1) is 0 Å². The van der Waals surface area contributed by atoms with Crippen molar-refractivity contribution >= 4 is 11.6 Å². The summed E-state index contributed by atoms with van der Waals surface area (Å²) in [6, 6.07) is 4.52. The van der Waals surface area contributed by atoms with Crippen LogP contribution in [0.15, 0.2) is 24.3 Å². The van der Waals surface area contributed by atoms with Crippen molar-refractivity contribution in [2.45, 2.75) is 18.6 Å². The standard InChI is InChI=1S/C10H11ClF3NO/c11-7-1-3-8(4-2-7)16-6-5-9(15)10(12,13)14/h1-4,9H,5-6,15H2. The molecule has 2 N–H and O–H groups in total. The van der Waals surface area contributed by atoms with E-state index in [-0.39, 0.29) is 13.0 Å². The first kappa shape index (κ1) is 13.1. The molecule has 0 bridgehead atoms. The van der Waals surface area contributed by atoms with Gasteiger partial charge in [-0.3, -0.25) is 0 Å². The Morgan fingerprint density at radius 1 is 1.25 bits per heavy atom. The smallest absolute Gasteiger partial charge is 0.403 e. The van der Waals surface area contributed by atoms with Crippen LogP contribution in [0.25, 0.3) is 0 Å². The number of rotatable bonds is 4. The Kier molecular flexibility index (Phi) is 4.44. The molecule has 2 nitrogen and oxygen atoms in total. The molecule has 0 aliphatic heterocycles. The normalized spacial score (nSPS) is 13.6. The van der Waals surface area contributed by atoms with Crippen LogP contribution in [-0.2, 0) is 0 Å². The zero-order chi connectivity index (χ0) is 12.2. The molecule has 1 aromatic carbocycles. The highest BCUT2D eigenvalue weighted by Crippen LogP contribution is 2.21. The second-order valence-corrected chi connectivity index (χ2v) is 3.68. The highest BCUT2D eigenvalue weighted by atomic mass is 35.5. The SMILES string of the molecule is NC(CCOc1ccc(Cl)cc1)C(F)(F)F. The molecule has 0 saturated heterocycles. The molecule has 0 heterocycles. The number of hydrogen-bond acceptors (Lipinski definition) is 2. The minimum absolute atomic E-state index is 0.0810. The predicted molar refractivity (Wildman–Crippen MR) is 55.6 cm³/mol. The molecule has 0 radical (unpaired) electrons. The lowest BCUT2D eigenvalue weighted by molar-refractivity contribution is -0.150. The average molecular weight is 254 g/mol. The highest BCUT2D eigenvalue weighted by Gasteiger charge is 2.36. The third-order valence-corrected chi connectivity index (χ3v) is 2.18. The van der Waals surface area contributed by atoms with Gasteiger partial charge in [0.05, 0.1) is 6.61 Å². The number of hydrogen-bond donors (Lipinski definition) is 1. The summed E-state index contributed by atoms with van der Waals surface area (Å²) in [5.74, 6) is 0.471. The van der Waals surface area contributed by atoms with Gasteiger partial charge in [0.25, 0.3) is 0 Å². The molecule has 16 heavy (non-hydrogen) atoms. The number of alkyl halides is 3. The maximum absolute atomic E-state index is 12.0. The molecule has 0 aliphatic rings. The third-order valence-electron chi connectivity index (χ3n) is 1.93. The summed E-state index contributed by atoms with van der Waals surface area (Å²) in [6.45, 7) is -0.0810. The van der Waals surface area contributed by atoms with Crippen molar-refractivity contribution in [2.75, 3.05) is 6.61 Å². The first-order valence-electron chi connectivity index (χ1n) is 4.60. The van der Waals surface area contributed by atoms with Crippen molar-refractivity contribution < 1.29 is 17.9 Å². The zero-order valence-electron chi connectivity index (χ0n) is 8.30. The van der Waals surface area contributed by atoms with Crippen molar-refractivity contribution in [3.05, 3.63) is 29.3 Å². The summed E-state index contributed by atoms with van der Waals surface area (Å²) in [5, 5.41) is 0.541. The molecule has 0 saturated carbocycles. The van der Waals surface area contributed by atoms with Crippen LogP contribution in [0.2, 0.25) is 5.02 Å². The average Bonchev–Trinajstić information content (AvgIpc) is 2.19. The van der Waals surface area contributed by atoms with Gasteiger partial charge in [-0.2, -0.15) is 13.2 Å². The van der Waals surface area contributed by atoms with Gasteiger partial charge >= 0.3 is 6.18 Å². The van der Waals surface area contributed by atoms with Gasteiger partial charge in [0.15, 0.2) is 0 Å². The molecule has 0 fully saturated rings. The molecular weight excluding hydrogens is 243 g/mol. The molecule has 1 rings (SSSR count). The lowest BCUT2D eigenvalue weighted by Crippen LogP contribution is -2.38. The second kappa shape index (κ2) is 5.41. The van der Waals surface area contributed by atoms with E-state index in [9.17, 15) is 13.2 Å². The van der Waals surface area contributed by atoms with Gasteiger partial charge in [-0.1, -0.05) is 11.6 Å². The Morgan fingerprint density at radius 3 is 2.31 bits per heavy atom. The van der Waals surface area contributed by atoms with Crippen LogP contribution < -0.4 is 10.5 Å². The van der Waals surface area contributed by atoms with Gasteiger partial charge in [-0.25, -0.2) is 0 Å². The Balaban J connectivity index is 2.33. The molecule has 1 atom stereocenters. The summed E-state index contributed by atoms with van der Waals surface area (Å²) in [6.07, 6.45) is -4.64. The minimum Gasteiger partial charge on any atom is -0.494 e. The largest absolute Gasteiger partial charge is 0.494 e. The van der Waals surface area contributed by atoms with Crippen molar-refractivity contribution in [1.82, 2.24) is 0 Å². The molecule has 0 spiro atoms. The fourth-order valence-electron chi connectivity index (χ4n) is 0.998. The zero-order valence-corrected chi connectivity index (χ0v) is 9.05. The van der Waals surface area contributed by atoms with Crippen LogP contribution in [0.1, 0.15) is 6.42 Å². The molecule has 1 unspecified atom stereocenters. The summed E-state index contributed by atoms with van der Waals surface area (Å²) < 4.78 is 41.2. The Morgan fingerprint density at radius 2 is 1.81 bits per heavy atom. The molecule has 1 aromatic rings. The van der Waals surface area contributed by atoms with E-state index in [1.165, 1.54) is 0 Å². The third kappa shape index (κ3) is 4.28. The monoisotopic (exact) mass is 253 g/mol. The van der Waals surface area contributed by atoms with Crippen LogP contribution >= 0.6 is 11.6 Å². The minimum atomic E-state index is -4.37. The number of ether oxygens (including phenoxy) is 1. The molecule has 6 heteroatoms. The highest BCUT2D eigenvalue weighted by molar-refractivity contribution is 6.30. The van der Waals surface area contributed by atoms with E-state index in [0.29, 0.717) is 10.8 Å². The summed E-state index contributed by atoms with van der Waals surface area (Å²) >= 11 is 5.63. The number of halogens is 4. The maximum Gasteiger partial charge on any atom is 0.403 e. The Labute approximate surface area is 96.1 Å². The lowest BCUT2D eigenvalue weighted by atomic mass is 10.2. The first-order valence-corrected chi connectivity index (χ1v) is 4.98. The molecular formula is C10H11ClF3NO. The van der Waals surface area contributed by atoms with E-state index in [2.05, 4.69) is 0 Å². The van der Waals surface area contributed by atoms with E-state index in [1.54, 1.807) is 24.3 Å². The van der Waals surface area contributed by atoms with E-state index < -0.39 is 12.2 Å². The van der Waals surface area contributed by atoms with E-state index in [0.717, 1.165) is 0 Å². The van der Waals surface area contributed by atoms with Gasteiger partial charge in [0.1, 0.15) is 11.8 Å². The van der Waals surface area contributed by atoms with Crippen molar-refractivity contribution in [2.24, 2.45) is 5.73 Å². The summed E-state index contributed by atoms with van der Waals surface area (Å²) in [5.41, 5.74) is 4.91. The van der Waals surface area contributed by atoms with Gasteiger partial charge in [0, 0.05) is 11.4 Å². The quantitative estimate of drug-likeness (QED) is 0.895. The molecule has 0 aromatic heterocycles. The number of benzene rings is 1. The van der Waals surface area contributed by atoms with Crippen molar-refractivity contribution in [1.29, 1.82) is 0 Å². The maximum atomic E-state index is 12.0. The van der Waals surface area contributed by atoms with Crippen molar-refractivity contribution in [3.8, 4) is 5.75 Å². The lowest BCUT2D eigenvalue weighted by Gasteiger charge is -2.15. The summed E-state index contributed by atoms with van der Waals surface area (Å²) in [7, 11) is 0. The van der Waals surface area contributed by atoms with Crippen LogP contribution in [0, 0.1) is 0 Å². The fourth-order valence-corrected chi connectivity index (χ4v) is 1.12. The van der Waals surface area contributed by atoms with Crippen LogP contribution in [-0.4, -0.2) is 18.8 Å². The first-order chi connectivity index (χ1) is 7.39. The molecule has 0 aliphatic carbocycles. The van der Waals surface area contributed by atoms with Gasteiger partial charge in [-0.05, 0) is 24.3 Å². The van der Waals surface area contributed by atoms with Gasteiger partial charge < -0.3 is 10.5 Å². The number of nitrogens with two attached hydrogens (primary N) is 1. The van der Waals surface area contributed by atoms with Crippen LogP contribution in [0.5, 0.6) is 5.75 Å². The Bertz CT molecular complexity index is 326. The van der Waals surface area contributed by atoms with E-state index >= 15 is 0 Å². The van der Waals surface area contributed by atoms with E-state index in [1.807, 2.05) is 0 Å². The predicted octanol–water partition coefficient (Wildman–Crippen LogP) is 3.00. The van der Waals surface area contributed by atoms with Gasteiger partial charge in [0.2, 0.25) is 0 Å². The second-order valence-electron chi connectivity index (χ2n) is 3.24. The fraction of sp³-hybridized carbons (Fsp3) is 0.400. The van der Waals surface area contributed by atoms with Crippen LogP contribution in [0.4, 0.5) is 13.2 Å². The summed E-state index contributed by atoms with van der Waals surface area (Å²) in [4.78, 5) is 0. The molecule has 0 amide bonds. The van der Waals surface area contributed by atoms with Crippen LogP contribution in [0.3, 0.4) is 0 Å². The molecule has 90 valence electrons.